The highest BCUT2D eigenvalue weighted by Gasteiger charge is 2.31. The van der Waals surface area contributed by atoms with Crippen LogP contribution < -0.4 is 0 Å². The van der Waals surface area contributed by atoms with Crippen molar-refractivity contribution in [1.82, 2.24) is 9.80 Å². The molecule has 2 rings (SSSR count). The quantitative estimate of drug-likeness (QED) is 0.839. The van der Waals surface area contributed by atoms with Crippen LogP contribution in [0, 0.1) is 0 Å². The van der Waals surface area contributed by atoms with Crippen LogP contribution in [-0.2, 0) is 4.74 Å². The molecule has 1 saturated heterocycles. The molecule has 0 saturated carbocycles. The second-order valence-electron chi connectivity index (χ2n) is 6.62. The molecule has 22 heavy (non-hydrogen) atoms. The van der Waals surface area contributed by atoms with Crippen LogP contribution in [0.4, 0.5) is 4.79 Å². The fourth-order valence-corrected chi connectivity index (χ4v) is 3.21. The molecule has 2 amide bonds. The fraction of sp³-hybridized carbons (Fsp3) is 0.625. The van der Waals surface area contributed by atoms with Gasteiger partial charge in [0.25, 0.3) is 5.91 Å². The van der Waals surface area contributed by atoms with Crippen molar-refractivity contribution < 1.29 is 14.3 Å². The molecule has 0 spiro atoms. The largest absolute Gasteiger partial charge is 0.444 e. The standard InChI is InChI=1S/C16H24N2O3S/c1-16(2,3)21-15(20)18-9-5-7-12(11-18)17(4)14(19)13-8-6-10-22-13/h6,8,10,12H,5,7,9,11H2,1-4H3/t12-/m0/s1. The van der Waals surface area contributed by atoms with E-state index >= 15 is 0 Å². The maximum absolute atomic E-state index is 12.4. The zero-order valence-corrected chi connectivity index (χ0v) is 14.5. The number of likely N-dealkylation sites (N-methyl/N-ethyl adjacent to an activating group) is 1. The zero-order chi connectivity index (χ0) is 16.3. The summed E-state index contributed by atoms with van der Waals surface area (Å²) in [5.41, 5.74) is -0.497. The van der Waals surface area contributed by atoms with Crippen LogP contribution in [0.3, 0.4) is 0 Å². The van der Waals surface area contributed by atoms with E-state index in [4.69, 9.17) is 4.74 Å². The van der Waals surface area contributed by atoms with Gasteiger partial charge in [-0.25, -0.2) is 4.79 Å². The van der Waals surface area contributed by atoms with Gasteiger partial charge in [0.05, 0.1) is 4.88 Å². The second kappa shape index (κ2) is 6.69. The van der Waals surface area contributed by atoms with E-state index in [2.05, 4.69) is 0 Å². The Kier molecular flexibility index (Phi) is 5.11. The van der Waals surface area contributed by atoms with Crippen LogP contribution in [0.5, 0.6) is 0 Å². The van der Waals surface area contributed by atoms with E-state index in [9.17, 15) is 9.59 Å². The number of hydrogen-bond donors (Lipinski definition) is 0. The van der Waals surface area contributed by atoms with Crippen LogP contribution in [-0.4, -0.2) is 53.6 Å². The summed E-state index contributed by atoms with van der Waals surface area (Å²) in [5, 5.41) is 1.90. The Morgan fingerprint density at radius 3 is 2.73 bits per heavy atom. The molecule has 1 aromatic heterocycles. The van der Waals surface area contributed by atoms with E-state index in [-0.39, 0.29) is 18.0 Å². The van der Waals surface area contributed by atoms with Gasteiger partial charge in [-0.1, -0.05) is 6.07 Å². The third-order valence-electron chi connectivity index (χ3n) is 3.65. The molecule has 122 valence electrons. The van der Waals surface area contributed by atoms with Crippen molar-refractivity contribution in [2.75, 3.05) is 20.1 Å². The maximum Gasteiger partial charge on any atom is 0.410 e. The first kappa shape index (κ1) is 16.8. The number of carbonyl (C=O) groups is 2. The molecule has 0 bridgehead atoms. The van der Waals surface area contributed by atoms with Crippen molar-refractivity contribution in [3.05, 3.63) is 22.4 Å². The van der Waals surface area contributed by atoms with Crippen LogP contribution in [0.1, 0.15) is 43.3 Å². The summed E-state index contributed by atoms with van der Waals surface area (Å²) < 4.78 is 5.42. The minimum absolute atomic E-state index is 0.0195. The molecule has 5 nitrogen and oxygen atoms in total. The Morgan fingerprint density at radius 1 is 1.41 bits per heavy atom. The Morgan fingerprint density at radius 2 is 2.14 bits per heavy atom. The van der Waals surface area contributed by atoms with Crippen LogP contribution in [0.25, 0.3) is 0 Å². The molecule has 1 atom stereocenters. The van der Waals surface area contributed by atoms with Gasteiger partial charge in [-0.05, 0) is 45.1 Å². The first-order valence-electron chi connectivity index (χ1n) is 7.56. The topological polar surface area (TPSA) is 49.9 Å². The normalized spacial score (nSPS) is 18.9. The molecule has 0 aliphatic carbocycles. The summed E-state index contributed by atoms with van der Waals surface area (Å²) in [7, 11) is 1.81. The lowest BCUT2D eigenvalue weighted by Crippen LogP contribution is -2.51. The number of thiophene rings is 1. The molecule has 1 aliphatic heterocycles. The van der Waals surface area contributed by atoms with Gasteiger partial charge in [-0.3, -0.25) is 4.79 Å². The van der Waals surface area contributed by atoms with Gasteiger partial charge in [0.1, 0.15) is 5.60 Å². The highest BCUT2D eigenvalue weighted by Crippen LogP contribution is 2.20. The number of ether oxygens (including phenoxy) is 1. The Balaban J connectivity index is 1.98. The average molecular weight is 324 g/mol. The van der Waals surface area contributed by atoms with Gasteiger partial charge in [0, 0.05) is 26.2 Å². The number of carbonyl (C=O) groups excluding carboxylic acids is 2. The Bertz CT molecular complexity index is 522. The first-order chi connectivity index (χ1) is 10.3. The molecule has 6 heteroatoms. The number of rotatable bonds is 2. The molecule has 0 radical (unpaired) electrons. The van der Waals surface area contributed by atoms with Crippen molar-refractivity contribution in [3.63, 3.8) is 0 Å². The van der Waals surface area contributed by atoms with Crippen molar-refractivity contribution in [3.8, 4) is 0 Å². The van der Waals surface area contributed by atoms with Gasteiger partial charge in [0.15, 0.2) is 0 Å². The lowest BCUT2D eigenvalue weighted by Gasteiger charge is -2.38. The lowest BCUT2D eigenvalue weighted by atomic mass is 10.0. The number of amides is 2. The van der Waals surface area contributed by atoms with E-state index in [1.807, 2.05) is 45.3 Å². The van der Waals surface area contributed by atoms with Crippen molar-refractivity contribution in [2.45, 2.75) is 45.3 Å². The summed E-state index contributed by atoms with van der Waals surface area (Å²) in [6.07, 6.45) is 1.49. The zero-order valence-electron chi connectivity index (χ0n) is 13.7. The summed E-state index contributed by atoms with van der Waals surface area (Å²) >= 11 is 1.44. The summed E-state index contributed by atoms with van der Waals surface area (Å²) in [5.74, 6) is 0.0195. The SMILES string of the molecule is CN(C(=O)c1cccs1)[C@H]1CCCN(C(=O)OC(C)(C)C)C1. The van der Waals surface area contributed by atoms with Gasteiger partial charge < -0.3 is 14.5 Å². The van der Waals surface area contributed by atoms with E-state index in [0.29, 0.717) is 13.1 Å². The number of hydrogen-bond acceptors (Lipinski definition) is 4. The fourth-order valence-electron chi connectivity index (χ4n) is 2.50. The van der Waals surface area contributed by atoms with E-state index in [0.717, 1.165) is 17.7 Å². The van der Waals surface area contributed by atoms with Crippen LogP contribution in [0.15, 0.2) is 17.5 Å². The summed E-state index contributed by atoms with van der Waals surface area (Å²) in [4.78, 5) is 28.8. The number of likely N-dealkylation sites (tertiary alicyclic amines) is 1. The smallest absolute Gasteiger partial charge is 0.410 e. The maximum atomic E-state index is 12.4. The van der Waals surface area contributed by atoms with Gasteiger partial charge >= 0.3 is 6.09 Å². The highest BCUT2D eigenvalue weighted by molar-refractivity contribution is 7.12. The van der Waals surface area contributed by atoms with Crippen LogP contribution >= 0.6 is 11.3 Å². The van der Waals surface area contributed by atoms with Crippen molar-refractivity contribution in [1.29, 1.82) is 0 Å². The third-order valence-corrected chi connectivity index (χ3v) is 4.51. The summed E-state index contributed by atoms with van der Waals surface area (Å²) in [6.45, 7) is 6.80. The van der Waals surface area contributed by atoms with E-state index in [1.165, 1.54) is 11.3 Å². The Labute approximate surface area is 135 Å². The third kappa shape index (κ3) is 4.22. The first-order valence-corrected chi connectivity index (χ1v) is 8.44. The van der Waals surface area contributed by atoms with Crippen molar-refractivity contribution >= 4 is 23.3 Å². The van der Waals surface area contributed by atoms with E-state index < -0.39 is 5.60 Å². The van der Waals surface area contributed by atoms with Crippen molar-refractivity contribution in [2.24, 2.45) is 0 Å². The molecule has 1 aliphatic rings. The molecule has 0 unspecified atom stereocenters. The average Bonchev–Trinajstić information content (AvgIpc) is 2.98. The molecule has 1 fully saturated rings. The predicted octanol–water partition coefficient (Wildman–Crippen LogP) is 3.22. The Hall–Kier alpha value is -1.56. The van der Waals surface area contributed by atoms with Gasteiger partial charge in [-0.15, -0.1) is 11.3 Å². The minimum Gasteiger partial charge on any atom is -0.444 e. The second-order valence-corrected chi connectivity index (χ2v) is 7.56. The molecule has 0 aromatic carbocycles. The lowest BCUT2D eigenvalue weighted by molar-refractivity contribution is 0.0123. The molecule has 0 N–H and O–H groups in total. The monoisotopic (exact) mass is 324 g/mol. The highest BCUT2D eigenvalue weighted by atomic mass is 32.1. The molecular weight excluding hydrogens is 300 g/mol. The minimum atomic E-state index is -0.497. The molecular formula is C16H24N2O3S. The predicted molar refractivity (Wildman–Crippen MR) is 87.2 cm³/mol. The van der Waals surface area contributed by atoms with Gasteiger partial charge in [-0.2, -0.15) is 0 Å². The molecule has 1 aromatic rings. The number of piperidine rings is 1. The van der Waals surface area contributed by atoms with Crippen LogP contribution in [0.2, 0.25) is 0 Å². The summed E-state index contributed by atoms with van der Waals surface area (Å²) in [6, 6.07) is 3.74. The van der Waals surface area contributed by atoms with E-state index in [1.54, 1.807) is 9.80 Å². The van der Waals surface area contributed by atoms with Gasteiger partial charge in [0.2, 0.25) is 0 Å². The number of nitrogens with zero attached hydrogens (tertiary/aromatic N) is 2. The molecule has 2 heterocycles.